The van der Waals surface area contributed by atoms with Crippen molar-refractivity contribution in [2.75, 3.05) is 4.90 Å². The van der Waals surface area contributed by atoms with Crippen LogP contribution in [0.1, 0.15) is 0 Å². The van der Waals surface area contributed by atoms with Gasteiger partial charge in [0.15, 0.2) is 8.07 Å². The van der Waals surface area contributed by atoms with Gasteiger partial charge in [0.2, 0.25) is 0 Å². The van der Waals surface area contributed by atoms with Crippen LogP contribution < -0.4 is 25.6 Å². The van der Waals surface area contributed by atoms with Gasteiger partial charge in [0.25, 0.3) is 0 Å². The van der Waals surface area contributed by atoms with Crippen LogP contribution in [0.3, 0.4) is 0 Å². The molecule has 12 aromatic rings. The van der Waals surface area contributed by atoms with E-state index in [1.54, 1.807) is 0 Å². The van der Waals surface area contributed by atoms with Gasteiger partial charge in [-0.3, -0.25) is 0 Å². The van der Waals surface area contributed by atoms with E-state index in [0.717, 1.165) is 22.7 Å². The van der Waals surface area contributed by atoms with Gasteiger partial charge in [-0.15, -0.1) is 0 Å². The van der Waals surface area contributed by atoms with E-state index in [0.29, 0.717) is 0 Å². The summed E-state index contributed by atoms with van der Waals surface area (Å²) in [7, 11) is -2.83. The first-order valence-electron chi connectivity index (χ1n) is 23.1. The Morgan fingerprint density at radius 1 is 0.299 bits per heavy atom. The van der Waals surface area contributed by atoms with Crippen LogP contribution in [0, 0.1) is 0 Å². The van der Waals surface area contributed by atoms with Crippen LogP contribution in [0.4, 0.5) is 17.1 Å². The van der Waals surface area contributed by atoms with Crippen molar-refractivity contribution in [3.05, 3.63) is 279 Å². The molecule has 316 valence electrons. The summed E-state index contributed by atoms with van der Waals surface area (Å²) in [5.41, 5.74) is 11.6. The number of hydrogen-bond acceptors (Lipinski definition) is 1. The molecule has 1 heterocycles. The van der Waals surface area contributed by atoms with Crippen molar-refractivity contribution in [3.63, 3.8) is 0 Å². The van der Waals surface area contributed by atoms with Crippen LogP contribution in [0.15, 0.2) is 279 Å². The van der Waals surface area contributed by atoms with Gasteiger partial charge < -0.3 is 9.47 Å². The quantitative estimate of drug-likeness (QED) is 0.0982. The largest absolute Gasteiger partial charge is 0.310 e. The topological polar surface area (TPSA) is 8.17 Å². The summed E-state index contributed by atoms with van der Waals surface area (Å²) in [6, 6.07) is 103. The third-order valence-electron chi connectivity index (χ3n) is 13.5. The Morgan fingerprint density at radius 3 is 1.48 bits per heavy atom. The molecule has 1 aromatic heterocycles. The molecule has 0 saturated carbocycles. The number of para-hydroxylation sites is 2. The van der Waals surface area contributed by atoms with Crippen LogP contribution in [0.5, 0.6) is 0 Å². The molecule has 3 heteroatoms. The molecule has 0 aliphatic heterocycles. The third-order valence-corrected chi connectivity index (χ3v) is 18.3. The summed E-state index contributed by atoms with van der Waals surface area (Å²) in [5, 5.41) is 10.3. The molecule has 2 nitrogen and oxygen atoms in total. The minimum absolute atomic E-state index is 1.08. The van der Waals surface area contributed by atoms with Gasteiger partial charge >= 0.3 is 0 Å². The van der Waals surface area contributed by atoms with Gasteiger partial charge in [0.05, 0.1) is 11.0 Å². The van der Waals surface area contributed by atoms with E-state index in [2.05, 4.69) is 289 Å². The number of benzene rings is 11. The molecule has 0 spiro atoms. The molecule has 0 N–H and O–H groups in total. The van der Waals surface area contributed by atoms with E-state index < -0.39 is 8.07 Å². The highest BCUT2D eigenvalue weighted by Crippen LogP contribution is 2.42. The van der Waals surface area contributed by atoms with Gasteiger partial charge in [0, 0.05) is 33.5 Å². The van der Waals surface area contributed by atoms with Crippen LogP contribution in [0.2, 0.25) is 0 Å². The second kappa shape index (κ2) is 17.1. The van der Waals surface area contributed by atoms with Crippen molar-refractivity contribution in [2.45, 2.75) is 0 Å². The lowest BCUT2D eigenvalue weighted by Crippen LogP contribution is -2.74. The standard InChI is InChI=1S/C64H46N2Si/c1-5-24-50(25-6-1)66-62-39-16-15-36-61(62)64-60(38-20-40-63(64)66)48-41-43-51(44-42-48)65(52-26-17-23-49(45-52)59-37-18-22-47-21-13-14-35-58(47)59)53-27-19-34-57(46-53)67(54-28-7-2-8-29-54,55-30-9-3-10-31-55)56-32-11-4-12-33-56/h1-46H. The highest BCUT2D eigenvalue weighted by atomic mass is 28.3. The molecule has 11 aromatic carbocycles. The van der Waals surface area contributed by atoms with Gasteiger partial charge in [-0.2, -0.15) is 0 Å². The number of aromatic nitrogens is 1. The second-order valence-corrected chi connectivity index (χ2v) is 21.1. The third kappa shape index (κ3) is 6.96. The van der Waals surface area contributed by atoms with Crippen molar-refractivity contribution in [1.82, 2.24) is 4.57 Å². The molecule has 0 aliphatic carbocycles. The SMILES string of the molecule is c1ccc(-n2c3ccccc3c3c(-c4ccc(N(c5cccc(-c6cccc7ccccc67)c5)c5cccc([Si](c6ccccc6)(c6ccccc6)c6ccccc6)c5)cc4)cccc32)cc1. The second-order valence-electron chi connectivity index (χ2n) is 17.2. The van der Waals surface area contributed by atoms with Gasteiger partial charge in [0.1, 0.15) is 0 Å². The number of rotatable bonds is 10. The van der Waals surface area contributed by atoms with E-state index in [4.69, 9.17) is 0 Å². The van der Waals surface area contributed by atoms with E-state index in [-0.39, 0.29) is 0 Å². The summed E-state index contributed by atoms with van der Waals surface area (Å²) in [6.45, 7) is 0. The maximum atomic E-state index is 2.47. The number of anilines is 3. The Hall–Kier alpha value is -8.50. The van der Waals surface area contributed by atoms with E-state index in [9.17, 15) is 0 Å². The molecule has 0 fully saturated rings. The lowest BCUT2D eigenvalue weighted by molar-refractivity contribution is 1.18. The molecular formula is C64H46N2Si. The zero-order valence-electron chi connectivity index (χ0n) is 37.0. The molecule has 0 saturated heterocycles. The fourth-order valence-corrected chi connectivity index (χ4v) is 15.4. The first kappa shape index (κ1) is 40.0. The lowest BCUT2D eigenvalue weighted by atomic mass is 9.97. The highest BCUT2D eigenvalue weighted by molar-refractivity contribution is 7.19. The maximum absolute atomic E-state index is 2.83. The predicted molar refractivity (Wildman–Crippen MR) is 287 cm³/mol. The van der Waals surface area contributed by atoms with Gasteiger partial charge in [-0.05, 0) is 114 Å². The highest BCUT2D eigenvalue weighted by Gasteiger charge is 2.41. The Labute approximate surface area is 392 Å². The Bertz CT molecular complexity index is 3570. The molecule has 0 bridgehead atoms. The molecule has 0 amide bonds. The minimum atomic E-state index is -2.83. The van der Waals surface area contributed by atoms with Crippen molar-refractivity contribution in [1.29, 1.82) is 0 Å². The van der Waals surface area contributed by atoms with Crippen LogP contribution in [-0.4, -0.2) is 12.6 Å². The minimum Gasteiger partial charge on any atom is -0.310 e. The average Bonchev–Trinajstić information content (AvgIpc) is 3.75. The Kier molecular flexibility index (Phi) is 10.2. The fraction of sp³-hybridized carbons (Fsp3) is 0. The van der Waals surface area contributed by atoms with E-state index in [1.807, 2.05) is 0 Å². The zero-order valence-corrected chi connectivity index (χ0v) is 38.0. The lowest BCUT2D eigenvalue weighted by Gasteiger charge is -2.35. The van der Waals surface area contributed by atoms with Crippen LogP contribution in [-0.2, 0) is 0 Å². The zero-order chi connectivity index (χ0) is 44.6. The van der Waals surface area contributed by atoms with Crippen molar-refractivity contribution < 1.29 is 0 Å². The molecule has 0 unspecified atom stereocenters. The summed E-state index contributed by atoms with van der Waals surface area (Å²) >= 11 is 0. The summed E-state index contributed by atoms with van der Waals surface area (Å²) in [4.78, 5) is 2.45. The van der Waals surface area contributed by atoms with Gasteiger partial charge in [-0.25, -0.2) is 0 Å². The van der Waals surface area contributed by atoms with Crippen LogP contribution in [0.25, 0.3) is 60.5 Å². The summed E-state index contributed by atoms with van der Waals surface area (Å²) < 4.78 is 2.39. The molecule has 67 heavy (non-hydrogen) atoms. The number of fused-ring (bicyclic) bond motifs is 4. The molecule has 0 radical (unpaired) electrons. The molecule has 0 atom stereocenters. The Balaban J connectivity index is 1.06. The van der Waals surface area contributed by atoms with Crippen molar-refractivity contribution in [2.24, 2.45) is 0 Å². The number of nitrogens with zero attached hydrogens (tertiary/aromatic N) is 2. The van der Waals surface area contributed by atoms with Crippen molar-refractivity contribution >= 4 is 78.5 Å². The molecular weight excluding hydrogens is 825 g/mol. The van der Waals surface area contributed by atoms with Crippen LogP contribution >= 0.6 is 0 Å². The fourth-order valence-electron chi connectivity index (χ4n) is 10.6. The summed E-state index contributed by atoms with van der Waals surface area (Å²) in [5.74, 6) is 0. The Morgan fingerprint density at radius 2 is 0.791 bits per heavy atom. The van der Waals surface area contributed by atoms with Gasteiger partial charge in [-0.1, -0.05) is 218 Å². The first-order valence-corrected chi connectivity index (χ1v) is 25.1. The predicted octanol–water partition coefficient (Wildman–Crippen LogP) is 14.1. The normalized spacial score (nSPS) is 11.6. The van der Waals surface area contributed by atoms with E-state index in [1.165, 1.54) is 75.6 Å². The van der Waals surface area contributed by atoms with Crippen molar-refractivity contribution in [3.8, 4) is 27.9 Å². The number of hydrogen-bond donors (Lipinski definition) is 0. The first-order chi connectivity index (χ1) is 33.3. The monoisotopic (exact) mass is 870 g/mol. The molecule has 0 aliphatic rings. The van der Waals surface area contributed by atoms with E-state index >= 15 is 0 Å². The molecule has 12 rings (SSSR count). The summed E-state index contributed by atoms with van der Waals surface area (Å²) in [6.07, 6.45) is 0. The smallest absolute Gasteiger partial charge is 0.179 e. The average molecular weight is 871 g/mol. The maximum Gasteiger partial charge on any atom is 0.179 e.